The van der Waals surface area contributed by atoms with Gasteiger partial charge >= 0.3 is 0 Å². The number of allylic oxidation sites excluding steroid dienone is 5. The summed E-state index contributed by atoms with van der Waals surface area (Å²) in [6.45, 7) is 4.29. The van der Waals surface area contributed by atoms with Gasteiger partial charge in [-0.1, -0.05) is 217 Å². The van der Waals surface area contributed by atoms with Crippen LogP contribution in [0.1, 0.15) is 239 Å². The highest BCUT2D eigenvalue weighted by atomic mass is 16.3. The SMILES string of the molecule is CCCCC/C=C\C/C=C\CCCCCCCCCCCC(=O)NC(CO)C(O)/C=C/CCCCCCCCCCCCCCCCCCCC. The van der Waals surface area contributed by atoms with E-state index in [1.807, 2.05) is 6.08 Å². The quantitative estimate of drug-likeness (QED) is 0.0436. The molecule has 51 heavy (non-hydrogen) atoms. The topological polar surface area (TPSA) is 69.6 Å². The number of amides is 1. The number of aliphatic hydroxyl groups excluding tert-OH is 2. The molecule has 0 aliphatic carbocycles. The predicted octanol–water partition coefficient (Wildman–Crippen LogP) is 14.2. The van der Waals surface area contributed by atoms with Crippen molar-refractivity contribution in [3.63, 3.8) is 0 Å². The maximum Gasteiger partial charge on any atom is 0.220 e. The number of hydrogen-bond acceptors (Lipinski definition) is 3. The van der Waals surface area contributed by atoms with Crippen LogP contribution in [0, 0.1) is 0 Å². The Hall–Kier alpha value is -1.39. The Morgan fingerprint density at radius 1 is 0.471 bits per heavy atom. The lowest BCUT2D eigenvalue weighted by molar-refractivity contribution is -0.123. The summed E-state index contributed by atoms with van der Waals surface area (Å²) in [6.07, 6.45) is 56.8. The monoisotopic (exact) mass is 716 g/mol. The molecular formula is C47H89NO3. The molecule has 0 aromatic rings. The number of carbonyl (C=O) groups excluding carboxylic acids is 1. The molecule has 0 aliphatic heterocycles. The Morgan fingerprint density at radius 2 is 0.804 bits per heavy atom. The third-order valence-corrected chi connectivity index (χ3v) is 10.4. The second kappa shape index (κ2) is 43.0. The second-order valence-corrected chi connectivity index (χ2v) is 15.5. The zero-order valence-corrected chi connectivity index (χ0v) is 34.4. The van der Waals surface area contributed by atoms with Crippen molar-refractivity contribution in [3.05, 3.63) is 36.5 Å². The van der Waals surface area contributed by atoms with Gasteiger partial charge in [0.1, 0.15) is 0 Å². The smallest absolute Gasteiger partial charge is 0.220 e. The highest BCUT2D eigenvalue weighted by Crippen LogP contribution is 2.15. The van der Waals surface area contributed by atoms with Gasteiger partial charge in [-0.15, -0.1) is 0 Å². The van der Waals surface area contributed by atoms with E-state index >= 15 is 0 Å². The lowest BCUT2D eigenvalue weighted by Crippen LogP contribution is -2.45. The Morgan fingerprint density at radius 3 is 1.22 bits per heavy atom. The van der Waals surface area contributed by atoms with Gasteiger partial charge in [-0.05, 0) is 51.4 Å². The summed E-state index contributed by atoms with van der Waals surface area (Å²) in [6, 6.07) is -0.623. The summed E-state index contributed by atoms with van der Waals surface area (Å²) in [7, 11) is 0. The van der Waals surface area contributed by atoms with E-state index in [2.05, 4.69) is 43.5 Å². The fourth-order valence-corrected chi connectivity index (χ4v) is 6.86. The first-order valence-electron chi connectivity index (χ1n) is 22.7. The normalized spacial score (nSPS) is 13.3. The Bertz CT molecular complexity index is 775. The number of aliphatic hydroxyl groups is 2. The van der Waals surface area contributed by atoms with E-state index in [1.165, 1.54) is 186 Å². The standard InChI is InChI=1S/C47H89NO3/c1-3-5-7-9-11-13-15-17-19-21-23-25-26-28-30-32-34-36-38-40-42-46(50)45(44-49)48-47(51)43-41-39-37-35-33-31-29-27-24-22-20-18-16-14-12-10-8-6-4-2/h12,14,18,20,40,42,45-46,49-50H,3-11,13,15-17,19,21-39,41,43-44H2,1-2H3,(H,48,51)/b14-12-,20-18-,42-40+. The van der Waals surface area contributed by atoms with Crippen molar-refractivity contribution in [1.82, 2.24) is 5.32 Å². The molecular weight excluding hydrogens is 627 g/mol. The number of nitrogens with one attached hydrogen (secondary N) is 1. The summed E-state index contributed by atoms with van der Waals surface area (Å²) < 4.78 is 0. The van der Waals surface area contributed by atoms with Crippen molar-refractivity contribution in [2.45, 2.75) is 251 Å². The van der Waals surface area contributed by atoms with Gasteiger partial charge < -0.3 is 15.5 Å². The number of rotatable bonds is 41. The summed E-state index contributed by atoms with van der Waals surface area (Å²) in [5.74, 6) is -0.0676. The fourth-order valence-electron chi connectivity index (χ4n) is 6.86. The van der Waals surface area contributed by atoms with Crippen molar-refractivity contribution < 1.29 is 15.0 Å². The van der Waals surface area contributed by atoms with Crippen LogP contribution in [0.4, 0.5) is 0 Å². The average molecular weight is 716 g/mol. The molecule has 2 atom stereocenters. The second-order valence-electron chi connectivity index (χ2n) is 15.5. The first-order valence-corrected chi connectivity index (χ1v) is 22.7. The van der Waals surface area contributed by atoms with Crippen molar-refractivity contribution in [2.75, 3.05) is 6.61 Å². The molecule has 0 bridgehead atoms. The van der Waals surface area contributed by atoms with E-state index in [-0.39, 0.29) is 12.5 Å². The average Bonchev–Trinajstić information content (AvgIpc) is 3.13. The Kier molecular flexibility index (Phi) is 41.8. The van der Waals surface area contributed by atoms with Crippen LogP contribution in [0.2, 0.25) is 0 Å². The van der Waals surface area contributed by atoms with Crippen LogP contribution in [-0.4, -0.2) is 34.9 Å². The van der Waals surface area contributed by atoms with Crippen LogP contribution in [-0.2, 0) is 4.79 Å². The molecule has 0 saturated heterocycles. The maximum atomic E-state index is 12.4. The third-order valence-electron chi connectivity index (χ3n) is 10.4. The van der Waals surface area contributed by atoms with Crippen LogP contribution >= 0.6 is 0 Å². The van der Waals surface area contributed by atoms with Crippen LogP contribution < -0.4 is 5.32 Å². The molecule has 0 heterocycles. The Labute approximate surface area is 319 Å². The lowest BCUT2D eigenvalue weighted by Gasteiger charge is -2.20. The van der Waals surface area contributed by atoms with Crippen molar-refractivity contribution in [2.24, 2.45) is 0 Å². The van der Waals surface area contributed by atoms with Crippen molar-refractivity contribution in [1.29, 1.82) is 0 Å². The zero-order valence-electron chi connectivity index (χ0n) is 34.4. The summed E-state index contributed by atoms with van der Waals surface area (Å²) in [5, 5.41) is 23.0. The first-order chi connectivity index (χ1) is 25.2. The van der Waals surface area contributed by atoms with E-state index in [0.29, 0.717) is 6.42 Å². The minimum Gasteiger partial charge on any atom is -0.394 e. The molecule has 0 radical (unpaired) electrons. The molecule has 3 N–H and O–H groups in total. The van der Waals surface area contributed by atoms with Crippen LogP contribution in [0.15, 0.2) is 36.5 Å². The molecule has 0 saturated carbocycles. The molecule has 0 aromatic heterocycles. The molecule has 1 amide bonds. The van der Waals surface area contributed by atoms with Gasteiger partial charge in [0.05, 0.1) is 18.8 Å². The van der Waals surface area contributed by atoms with Crippen molar-refractivity contribution >= 4 is 5.91 Å². The molecule has 4 heteroatoms. The van der Waals surface area contributed by atoms with Gasteiger partial charge in [0, 0.05) is 6.42 Å². The maximum absolute atomic E-state index is 12.4. The van der Waals surface area contributed by atoms with Crippen LogP contribution in [0.5, 0.6) is 0 Å². The number of hydrogen-bond donors (Lipinski definition) is 3. The molecule has 300 valence electrons. The van der Waals surface area contributed by atoms with Gasteiger partial charge in [-0.3, -0.25) is 4.79 Å². The van der Waals surface area contributed by atoms with E-state index in [1.54, 1.807) is 6.08 Å². The molecule has 0 rings (SSSR count). The van der Waals surface area contributed by atoms with Crippen LogP contribution in [0.3, 0.4) is 0 Å². The Balaban J connectivity index is 3.56. The highest BCUT2D eigenvalue weighted by Gasteiger charge is 2.17. The van der Waals surface area contributed by atoms with Gasteiger partial charge in [-0.25, -0.2) is 0 Å². The lowest BCUT2D eigenvalue weighted by atomic mass is 10.0. The summed E-state index contributed by atoms with van der Waals surface area (Å²) in [4.78, 5) is 12.4. The molecule has 0 spiro atoms. The van der Waals surface area contributed by atoms with E-state index < -0.39 is 12.1 Å². The number of carbonyl (C=O) groups is 1. The van der Waals surface area contributed by atoms with Gasteiger partial charge in [0.25, 0.3) is 0 Å². The van der Waals surface area contributed by atoms with E-state index in [0.717, 1.165) is 32.1 Å². The van der Waals surface area contributed by atoms with Crippen LogP contribution in [0.25, 0.3) is 0 Å². The molecule has 0 aromatic carbocycles. The highest BCUT2D eigenvalue weighted by molar-refractivity contribution is 5.76. The van der Waals surface area contributed by atoms with Gasteiger partial charge in [0.2, 0.25) is 5.91 Å². The fraction of sp³-hybridized carbons (Fsp3) is 0.851. The van der Waals surface area contributed by atoms with E-state index in [9.17, 15) is 15.0 Å². The first kappa shape index (κ1) is 49.6. The third kappa shape index (κ3) is 39.6. The van der Waals surface area contributed by atoms with Gasteiger partial charge in [-0.2, -0.15) is 0 Å². The molecule has 0 aliphatic rings. The molecule has 2 unspecified atom stereocenters. The number of unbranched alkanes of at least 4 members (excludes halogenated alkanes) is 30. The van der Waals surface area contributed by atoms with Crippen molar-refractivity contribution in [3.8, 4) is 0 Å². The molecule has 0 fully saturated rings. The van der Waals surface area contributed by atoms with E-state index in [4.69, 9.17) is 0 Å². The minimum atomic E-state index is -0.840. The summed E-state index contributed by atoms with van der Waals surface area (Å²) in [5.41, 5.74) is 0. The predicted molar refractivity (Wildman–Crippen MR) is 225 cm³/mol. The summed E-state index contributed by atoms with van der Waals surface area (Å²) >= 11 is 0. The zero-order chi connectivity index (χ0) is 37.1. The largest absolute Gasteiger partial charge is 0.394 e. The molecule has 4 nitrogen and oxygen atoms in total. The van der Waals surface area contributed by atoms with Gasteiger partial charge in [0.15, 0.2) is 0 Å². The minimum absolute atomic E-state index is 0.0676.